The normalized spacial score (nSPS) is 13.6. The zero-order valence-electron chi connectivity index (χ0n) is 17.8. The van der Waals surface area contributed by atoms with E-state index in [0.717, 1.165) is 17.2 Å². The maximum Gasteiger partial charge on any atom is 0.254 e. The third-order valence-electron chi connectivity index (χ3n) is 5.56. The minimum Gasteiger partial charge on any atom is -0.329 e. The molecule has 1 aliphatic heterocycles. The Kier molecular flexibility index (Phi) is 6.42. The van der Waals surface area contributed by atoms with Crippen molar-refractivity contribution in [2.24, 2.45) is 0 Å². The lowest BCUT2D eigenvalue weighted by Gasteiger charge is -2.25. The number of carbonyl (C=O) groups excluding carboxylic acids is 3. The molecule has 0 atom stereocenters. The molecule has 1 saturated heterocycles. The molecule has 0 N–H and O–H groups in total. The summed E-state index contributed by atoms with van der Waals surface area (Å²) < 4.78 is 0. The van der Waals surface area contributed by atoms with Gasteiger partial charge in [0.1, 0.15) is 19.8 Å². The fourth-order valence-corrected chi connectivity index (χ4v) is 4.06. The monoisotopic (exact) mass is 449 g/mol. The van der Waals surface area contributed by atoms with E-state index >= 15 is 0 Å². The van der Waals surface area contributed by atoms with Crippen LogP contribution in [0.1, 0.15) is 23.7 Å². The molecule has 0 aliphatic carbocycles. The Morgan fingerprint density at radius 2 is 1.72 bits per heavy atom. The number of hydrogen-bond acceptors (Lipinski definition) is 3. The van der Waals surface area contributed by atoms with Crippen molar-refractivity contribution in [2.45, 2.75) is 13.3 Å². The second kappa shape index (κ2) is 9.40. The lowest BCUT2D eigenvalue weighted by molar-refractivity contribution is -0.132. The summed E-state index contributed by atoms with van der Waals surface area (Å²) in [6.45, 7) is 2.50. The van der Waals surface area contributed by atoms with Gasteiger partial charge < -0.3 is 9.80 Å². The lowest BCUT2D eigenvalue weighted by Crippen LogP contribution is -2.43. The third-order valence-corrected chi connectivity index (χ3v) is 5.81. The highest BCUT2D eigenvalue weighted by Crippen LogP contribution is 2.23. The van der Waals surface area contributed by atoms with E-state index in [9.17, 15) is 14.4 Å². The Labute approximate surface area is 192 Å². The van der Waals surface area contributed by atoms with Crippen molar-refractivity contribution < 1.29 is 14.4 Å². The molecule has 0 aromatic heterocycles. The van der Waals surface area contributed by atoms with Crippen molar-refractivity contribution >= 4 is 45.8 Å². The van der Waals surface area contributed by atoms with Crippen molar-refractivity contribution in [3.05, 3.63) is 77.3 Å². The minimum atomic E-state index is -0.253. The molecular formula is C25H24ClN3O3. The zero-order chi connectivity index (χ0) is 22.7. The number of amides is 3. The first-order chi connectivity index (χ1) is 15.5. The molecule has 1 fully saturated rings. The summed E-state index contributed by atoms with van der Waals surface area (Å²) in [4.78, 5) is 43.5. The Balaban J connectivity index is 1.50. The molecule has 0 saturated carbocycles. The van der Waals surface area contributed by atoms with Crippen molar-refractivity contribution in [3.63, 3.8) is 0 Å². The highest BCUT2D eigenvalue weighted by atomic mass is 35.5. The van der Waals surface area contributed by atoms with E-state index in [0.29, 0.717) is 22.8 Å². The molecule has 32 heavy (non-hydrogen) atoms. The summed E-state index contributed by atoms with van der Waals surface area (Å²) in [5.41, 5.74) is 1.26. The maximum absolute atomic E-state index is 13.3. The van der Waals surface area contributed by atoms with Gasteiger partial charge in [-0.1, -0.05) is 54.9 Å². The second-order valence-corrected chi connectivity index (χ2v) is 8.22. The van der Waals surface area contributed by atoms with Crippen LogP contribution >= 0.6 is 11.6 Å². The molecule has 0 radical (unpaired) electrons. The van der Waals surface area contributed by atoms with Crippen LogP contribution in [0.25, 0.3) is 10.8 Å². The Morgan fingerprint density at radius 3 is 2.47 bits per heavy atom. The molecule has 3 aromatic rings. The van der Waals surface area contributed by atoms with Gasteiger partial charge in [0.25, 0.3) is 5.91 Å². The van der Waals surface area contributed by atoms with E-state index in [2.05, 4.69) is 0 Å². The number of fused-ring (bicyclic) bond motifs is 1. The maximum atomic E-state index is 13.3. The highest BCUT2D eigenvalue weighted by Gasteiger charge is 2.33. The van der Waals surface area contributed by atoms with Gasteiger partial charge in [-0.2, -0.15) is 0 Å². The summed E-state index contributed by atoms with van der Waals surface area (Å²) in [7, 11) is 0. The van der Waals surface area contributed by atoms with Gasteiger partial charge in [0.15, 0.2) is 0 Å². The molecule has 3 amide bonds. The van der Waals surface area contributed by atoms with Crippen molar-refractivity contribution in [1.29, 1.82) is 0 Å². The van der Waals surface area contributed by atoms with Crippen LogP contribution in [-0.4, -0.2) is 53.8 Å². The highest BCUT2D eigenvalue weighted by molar-refractivity contribution is 6.30. The summed E-state index contributed by atoms with van der Waals surface area (Å²) in [6.07, 6.45) is 0.722. The third kappa shape index (κ3) is 4.46. The number of halogens is 1. The Bertz CT molecular complexity index is 1160. The number of nitrogens with zero attached hydrogens (tertiary/aromatic N) is 3. The van der Waals surface area contributed by atoms with Crippen LogP contribution in [0, 0.1) is 0 Å². The van der Waals surface area contributed by atoms with Crippen LogP contribution < -0.4 is 4.90 Å². The molecule has 3 aromatic carbocycles. The van der Waals surface area contributed by atoms with Gasteiger partial charge in [0.05, 0.1) is 0 Å². The topological polar surface area (TPSA) is 60.9 Å². The minimum absolute atomic E-state index is 0.0100. The average molecular weight is 450 g/mol. The predicted octanol–water partition coefficient (Wildman–Crippen LogP) is 4.18. The van der Waals surface area contributed by atoms with E-state index in [1.807, 2.05) is 43.3 Å². The first-order valence-corrected chi connectivity index (χ1v) is 11.0. The number of carbonyl (C=O) groups is 3. The van der Waals surface area contributed by atoms with Gasteiger partial charge in [0, 0.05) is 22.8 Å². The van der Waals surface area contributed by atoms with Crippen LogP contribution in [0.5, 0.6) is 0 Å². The van der Waals surface area contributed by atoms with E-state index in [4.69, 9.17) is 11.6 Å². The SMILES string of the molecule is CCCN(CC(=O)N1CC(=O)N(c2ccc(Cl)cc2)C1)C(=O)c1cccc2ccccc12. The zero-order valence-corrected chi connectivity index (χ0v) is 18.6. The van der Waals surface area contributed by atoms with Gasteiger partial charge in [0.2, 0.25) is 11.8 Å². The standard InChI is InChI=1S/C25H24ClN3O3/c1-2-14-27(25(32)22-9-5-7-18-6-3-4-8-21(18)22)15-23(30)28-16-24(31)29(17-28)20-12-10-19(26)11-13-20/h3-13H,2,14-17H2,1H3. The van der Waals surface area contributed by atoms with Gasteiger partial charge >= 0.3 is 0 Å². The fraction of sp³-hybridized carbons (Fsp3) is 0.240. The quantitative estimate of drug-likeness (QED) is 0.567. The molecule has 0 spiro atoms. The summed E-state index contributed by atoms with van der Waals surface area (Å²) >= 11 is 5.93. The molecule has 7 heteroatoms. The predicted molar refractivity (Wildman–Crippen MR) is 126 cm³/mol. The molecule has 6 nitrogen and oxygen atoms in total. The molecular weight excluding hydrogens is 426 g/mol. The number of hydrogen-bond donors (Lipinski definition) is 0. The first-order valence-electron chi connectivity index (χ1n) is 10.6. The molecule has 1 aliphatic rings. The lowest BCUT2D eigenvalue weighted by atomic mass is 10.0. The fourth-order valence-electron chi connectivity index (χ4n) is 3.93. The number of anilines is 1. The van der Waals surface area contributed by atoms with Crippen molar-refractivity contribution in [2.75, 3.05) is 31.2 Å². The van der Waals surface area contributed by atoms with Gasteiger partial charge in [-0.3, -0.25) is 19.3 Å². The molecule has 0 unspecified atom stereocenters. The van der Waals surface area contributed by atoms with Gasteiger partial charge in [-0.05, 0) is 47.5 Å². The summed E-state index contributed by atoms with van der Waals surface area (Å²) in [6, 6.07) is 20.2. The first kappa shape index (κ1) is 21.8. The van der Waals surface area contributed by atoms with E-state index in [1.54, 1.807) is 40.1 Å². The van der Waals surface area contributed by atoms with Gasteiger partial charge in [-0.15, -0.1) is 0 Å². The van der Waals surface area contributed by atoms with Crippen LogP contribution in [0.4, 0.5) is 5.69 Å². The van der Waals surface area contributed by atoms with E-state index in [-0.39, 0.29) is 37.5 Å². The van der Waals surface area contributed by atoms with E-state index in [1.165, 1.54) is 4.90 Å². The Hall–Kier alpha value is -3.38. The molecule has 164 valence electrons. The molecule has 1 heterocycles. The smallest absolute Gasteiger partial charge is 0.254 e. The summed E-state index contributed by atoms with van der Waals surface area (Å²) in [5, 5.41) is 2.42. The second-order valence-electron chi connectivity index (χ2n) is 7.78. The van der Waals surface area contributed by atoms with Crippen LogP contribution in [0.3, 0.4) is 0 Å². The van der Waals surface area contributed by atoms with Gasteiger partial charge in [-0.25, -0.2) is 0 Å². The van der Waals surface area contributed by atoms with Crippen molar-refractivity contribution in [3.8, 4) is 0 Å². The molecule has 0 bridgehead atoms. The number of rotatable bonds is 6. The van der Waals surface area contributed by atoms with Crippen LogP contribution in [0.2, 0.25) is 5.02 Å². The average Bonchev–Trinajstić information content (AvgIpc) is 3.20. The largest absolute Gasteiger partial charge is 0.329 e. The molecule has 4 rings (SSSR count). The van der Waals surface area contributed by atoms with Crippen molar-refractivity contribution in [1.82, 2.24) is 9.80 Å². The summed E-state index contributed by atoms with van der Waals surface area (Å²) in [5.74, 6) is -0.600. The van der Waals surface area contributed by atoms with Crippen LogP contribution in [0.15, 0.2) is 66.7 Å². The van der Waals surface area contributed by atoms with Crippen LogP contribution in [-0.2, 0) is 9.59 Å². The van der Waals surface area contributed by atoms with E-state index < -0.39 is 0 Å². The number of benzene rings is 3. The Morgan fingerprint density at radius 1 is 1.00 bits per heavy atom.